The first kappa shape index (κ1) is 8.75. The van der Waals surface area contributed by atoms with E-state index in [0.29, 0.717) is 0 Å². The molecule has 0 saturated heterocycles. The molecule has 0 aromatic rings. The molecule has 0 aliphatic carbocycles. The fourth-order valence-corrected chi connectivity index (χ4v) is 1.55. The highest BCUT2D eigenvalue weighted by Gasteiger charge is 1.93. The maximum atomic E-state index is 5.09. The molecule has 0 aliphatic heterocycles. The van der Waals surface area contributed by atoms with Gasteiger partial charge in [-0.05, 0) is 35.7 Å². The minimum absolute atomic E-state index is 0.246. The van der Waals surface area contributed by atoms with Crippen molar-refractivity contribution in [3.63, 3.8) is 0 Å². The van der Waals surface area contributed by atoms with Crippen LogP contribution in [0.5, 0.6) is 0 Å². The number of hydrogen-bond acceptors (Lipinski definition) is 3. The van der Waals surface area contributed by atoms with Crippen LogP contribution < -0.4 is 0 Å². The zero-order chi connectivity index (χ0) is 6.57. The second kappa shape index (κ2) is 4.61. The zero-order valence-corrected chi connectivity index (χ0v) is 7.48. The predicted molar refractivity (Wildman–Crippen MR) is 44.3 cm³/mol. The van der Waals surface area contributed by atoms with E-state index in [9.17, 15) is 0 Å². The van der Waals surface area contributed by atoms with Crippen molar-refractivity contribution in [3.05, 3.63) is 0 Å². The van der Waals surface area contributed by atoms with Crippen molar-refractivity contribution in [1.29, 1.82) is 0 Å². The molecule has 4 heteroatoms. The van der Waals surface area contributed by atoms with Crippen molar-refractivity contribution < 1.29 is 4.18 Å². The first-order valence-electron chi connectivity index (χ1n) is 2.48. The third-order valence-corrected chi connectivity index (χ3v) is 1.89. The van der Waals surface area contributed by atoms with E-state index in [1.165, 1.54) is 0 Å². The summed E-state index contributed by atoms with van der Waals surface area (Å²) < 4.78 is 5.09. The van der Waals surface area contributed by atoms with E-state index in [4.69, 9.17) is 4.18 Å². The number of hydrogen-bond donors (Lipinski definition) is 1. The molecule has 1 atom stereocenters. The highest BCUT2D eigenvalue weighted by molar-refractivity contribution is 8.44. The summed E-state index contributed by atoms with van der Waals surface area (Å²) in [4.78, 5) is 0. The summed E-state index contributed by atoms with van der Waals surface area (Å²) in [6.07, 6.45) is 1.24. The molecular formula is C4H10OS3. The van der Waals surface area contributed by atoms with Crippen molar-refractivity contribution in [3.8, 4) is 0 Å². The molecule has 8 heavy (non-hydrogen) atoms. The Morgan fingerprint density at radius 1 is 1.62 bits per heavy atom. The molecule has 0 aromatic heterocycles. The topological polar surface area (TPSA) is 9.23 Å². The molecule has 0 aromatic carbocycles. The Bertz CT molecular complexity index is 110. The van der Waals surface area contributed by atoms with E-state index in [-0.39, 0.29) is 6.10 Å². The lowest BCUT2D eigenvalue weighted by Gasteiger charge is -2.03. The Hall–Kier alpha value is 0.750. The fourth-order valence-electron chi connectivity index (χ4n) is 0.221. The van der Waals surface area contributed by atoms with Gasteiger partial charge in [0, 0.05) is 8.29 Å². The van der Waals surface area contributed by atoms with Gasteiger partial charge in [0.2, 0.25) is 0 Å². The maximum Gasteiger partial charge on any atom is 0.0694 e. The summed E-state index contributed by atoms with van der Waals surface area (Å²) >= 11 is 9.36. The van der Waals surface area contributed by atoms with Crippen LogP contribution in [0.4, 0.5) is 0 Å². The van der Waals surface area contributed by atoms with Gasteiger partial charge in [-0.3, -0.25) is 0 Å². The maximum absolute atomic E-state index is 5.09. The lowest BCUT2D eigenvalue weighted by molar-refractivity contribution is 0.261. The van der Waals surface area contributed by atoms with E-state index in [0.717, 1.165) is 6.42 Å². The van der Waals surface area contributed by atoms with Crippen LogP contribution in [-0.4, -0.2) is 6.10 Å². The number of rotatable bonds is 3. The van der Waals surface area contributed by atoms with Crippen LogP contribution in [0, 0.1) is 0 Å². The molecule has 1 nitrogen and oxygen atoms in total. The Labute approximate surface area is 61.5 Å². The van der Waals surface area contributed by atoms with Crippen LogP contribution in [-0.2, 0) is 34.9 Å². The monoisotopic (exact) mass is 170 g/mol. The summed E-state index contributed by atoms with van der Waals surface area (Å²) in [6, 6.07) is 0. The van der Waals surface area contributed by atoms with E-state index in [2.05, 4.69) is 22.4 Å². The molecule has 1 unspecified atom stereocenters. The summed E-state index contributed by atoms with van der Waals surface area (Å²) in [7, 11) is -0.979. The Balaban J connectivity index is 3.39. The molecule has 0 fully saturated rings. The van der Waals surface area contributed by atoms with Gasteiger partial charge in [-0.2, -0.15) is 0 Å². The Kier molecular flexibility index (Phi) is 5.04. The van der Waals surface area contributed by atoms with Gasteiger partial charge in [0.25, 0.3) is 0 Å². The van der Waals surface area contributed by atoms with Gasteiger partial charge in [-0.25, -0.2) is 0 Å². The molecule has 0 amide bonds. The van der Waals surface area contributed by atoms with Crippen LogP contribution >= 0.6 is 0 Å². The van der Waals surface area contributed by atoms with Gasteiger partial charge in [-0.1, -0.05) is 6.92 Å². The van der Waals surface area contributed by atoms with Crippen molar-refractivity contribution in [2.75, 3.05) is 0 Å². The molecule has 0 radical (unpaired) electrons. The largest absolute Gasteiger partial charge is 0.310 e. The molecule has 0 spiro atoms. The van der Waals surface area contributed by atoms with Gasteiger partial charge in [0.1, 0.15) is 0 Å². The highest BCUT2D eigenvalue weighted by atomic mass is 33.1. The van der Waals surface area contributed by atoms with Crippen molar-refractivity contribution in [2.45, 2.75) is 26.4 Å². The third-order valence-electron chi connectivity index (χ3n) is 0.841. The average Bonchev–Trinajstić information content (AvgIpc) is 1.65. The summed E-state index contributed by atoms with van der Waals surface area (Å²) in [5.41, 5.74) is 0. The van der Waals surface area contributed by atoms with E-state index in [1.807, 2.05) is 13.8 Å². The van der Waals surface area contributed by atoms with E-state index >= 15 is 0 Å². The van der Waals surface area contributed by atoms with E-state index < -0.39 is 8.29 Å². The smallest absolute Gasteiger partial charge is 0.0694 e. The van der Waals surface area contributed by atoms with Crippen LogP contribution in [0.3, 0.4) is 0 Å². The van der Waals surface area contributed by atoms with Crippen molar-refractivity contribution in [1.82, 2.24) is 0 Å². The quantitative estimate of drug-likeness (QED) is 0.633. The highest BCUT2D eigenvalue weighted by Crippen LogP contribution is 1.94. The van der Waals surface area contributed by atoms with Crippen LogP contribution in [0.25, 0.3) is 0 Å². The van der Waals surface area contributed by atoms with Gasteiger partial charge < -0.3 is 4.18 Å². The van der Waals surface area contributed by atoms with Gasteiger partial charge >= 0.3 is 0 Å². The molecule has 0 heterocycles. The molecule has 0 bridgehead atoms. The van der Waals surface area contributed by atoms with E-state index in [1.54, 1.807) is 0 Å². The molecule has 0 N–H and O–H groups in total. The lowest BCUT2D eigenvalue weighted by atomic mass is 10.3. The second-order valence-corrected chi connectivity index (χ2v) is 4.89. The second-order valence-electron chi connectivity index (χ2n) is 1.55. The SMILES string of the molecule is CCC(C)O[SH](=S)=S. The average molecular weight is 170 g/mol. The van der Waals surface area contributed by atoms with Crippen LogP contribution in [0.15, 0.2) is 0 Å². The summed E-state index contributed by atoms with van der Waals surface area (Å²) in [6.45, 7) is 4.03. The van der Waals surface area contributed by atoms with Gasteiger partial charge in [0.05, 0.1) is 6.10 Å². The Morgan fingerprint density at radius 3 is 2.25 bits per heavy atom. The minimum Gasteiger partial charge on any atom is -0.310 e. The van der Waals surface area contributed by atoms with Crippen LogP contribution in [0.2, 0.25) is 0 Å². The Morgan fingerprint density at radius 2 is 2.12 bits per heavy atom. The minimum atomic E-state index is -0.979. The fraction of sp³-hybridized carbons (Fsp3) is 1.00. The van der Waals surface area contributed by atoms with Crippen molar-refractivity contribution in [2.24, 2.45) is 0 Å². The molecular weight excluding hydrogens is 160 g/mol. The number of thiol groups is 1. The molecule has 0 saturated carbocycles. The van der Waals surface area contributed by atoms with Gasteiger partial charge in [-0.15, -0.1) is 0 Å². The van der Waals surface area contributed by atoms with Gasteiger partial charge in [0.15, 0.2) is 0 Å². The molecule has 0 rings (SSSR count). The first-order chi connectivity index (χ1) is 3.66. The summed E-state index contributed by atoms with van der Waals surface area (Å²) in [5, 5.41) is 0. The van der Waals surface area contributed by atoms with Crippen LogP contribution in [0.1, 0.15) is 20.3 Å². The summed E-state index contributed by atoms with van der Waals surface area (Å²) in [5.74, 6) is 0. The molecule has 50 valence electrons. The lowest BCUT2D eigenvalue weighted by Crippen LogP contribution is -2.02. The zero-order valence-electron chi connectivity index (χ0n) is 4.96. The first-order valence-corrected chi connectivity index (χ1v) is 5.76. The third kappa shape index (κ3) is 4.90. The molecule has 0 aliphatic rings. The normalized spacial score (nSPS) is 14.4. The van der Waals surface area contributed by atoms with Crippen molar-refractivity contribution >= 4 is 30.7 Å². The standard InChI is InChI=1S/C4H10OS3/c1-3-4(2)5-8(6)7/h4,8H,3H2,1-2H3. The predicted octanol–water partition coefficient (Wildman–Crippen LogP) is 0.991.